The molecule has 1 amide bonds. The van der Waals surface area contributed by atoms with E-state index in [1.54, 1.807) is 6.20 Å². The van der Waals surface area contributed by atoms with Gasteiger partial charge in [-0.25, -0.2) is 0 Å². The van der Waals surface area contributed by atoms with Gasteiger partial charge in [-0.2, -0.15) is 5.10 Å². The van der Waals surface area contributed by atoms with Gasteiger partial charge in [0.1, 0.15) is 0 Å². The number of nitrogens with one attached hydrogen (secondary N) is 1. The first-order valence-corrected chi connectivity index (χ1v) is 7.09. The van der Waals surface area contributed by atoms with Crippen LogP contribution in [-0.2, 0) is 16.0 Å². The van der Waals surface area contributed by atoms with E-state index in [0.717, 1.165) is 38.0 Å². The first kappa shape index (κ1) is 14.1. The highest BCUT2D eigenvalue weighted by atomic mass is 16.5. The van der Waals surface area contributed by atoms with Crippen molar-refractivity contribution in [3.05, 3.63) is 18.0 Å². The van der Waals surface area contributed by atoms with Crippen molar-refractivity contribution in [1.82, 2.24) is 15.1 Å². The number of amides is 1. The van der Waals surface area contributed by atoms with Crippen molar-refractivity contribution in [2.45, 2.75) is 44.6 Å². The van der Waals surface area contributed by atoms with Crippen LogP contribution in [0.4, 0.5) is 0 Å². The molecular weight excluding hydrogens is 242 g/mol. The Balaban J connectivity index is 1.64. The number of aromatic amines is 1. The van der Waals surface area contributed by atoms with E-state index < -0.39 is 0 Å². The maximum absolute atomic E-state index is 12.0. The lowest BCUT2D eigenvalue weighted by Gasteiger charge is -2.25. The molecule has 2 rings (SSSR count). The Morgan fingerprint density at radius 2 is 2.47 bits per heavy atom. The normalized spacial score (nSPS) is 19.3. The van der Waals surface area contributed by atoms with Crippen molar-refractivity contribution in [3.8, 4) is 0 Å². The average molecular weight is 265 g/mol. The number of H-pyrrole nitrogens is 1. The molecule has 106 valence electrons. The van der Waals surface area contributed by atoms with Gasteiger partial charge in [0.2, 0.25) is 5.91 Å². The number of nitrogens with zero attached hydrogens (tertiary/aromatic N) is 2. The van der Waals surface area contributed by atoms with E-state index in [1.165, 1.54) is 12.8 Å². The summed E-state index contributed by atoms with van der Waals surface area (Å²) in [5.41, 5.74) is 1.08. The van der Waals surface area contributed by atoms with Crippen molar-refractivity contribution in [1.29, 1.82) is 0 Å². The predicted octanol–water partition coefficient (Wildman–Crippen LogP) is 1.76. The monoisotopic (exact) mass is 265 g/mol. The summed E-state index contributed by atoms with van der Waals surface area (Å²) in [5.74, 6) is 0.192. The minimum Gasteiger partial charge on any atom is -0.378 e. The number of aryl methyl sites for hydroxylation is 1. The molecule has 5 nitrogen and oxygen atoms in total. The van der Waals surface area contributed by atoms with Crippen LogP contribution in [0.5, 0.6) is 0 Å². The molecule has 0 aliphatic carbocycles. The van der Waals surface area contributed by atoms with Crippen molar-refractivity contribution in [3.63, 3.8) is 0 Å². The fraction of sp³-hybridized carbons (Fsp3) is 0.714. The van der Waals surface area contributed by atoms with E-state index in [-0.39, 0.29) is 5.91 Å². The lowest BCUT2D eigenvalue weighted by Crippen LogP contribution is -2.31. The molecule has 1 saturated heterocycles. The minimum atomic E-state index is 0.192. The molecule has 0 radical (unpaired) electrons. The molecule has 0 spiro atoms. The molecule has 1 aliphatic rings. The summed E-state index contributed by atoms with van der Waals surface area (Å²) in [6, 6.07) is 0. The maximum atomic E-state index is 12.0. The summed E-state index contributed by atoms with van der Waals surface area (Å²) in [6.45, 7) is 1.66. The third-order valence-corrected chi connectivity index (χ3v) is 3.67. The van der Waals surface area contributed by atoms with E-state index in [2.05, 4.69) is 10.2 Å². The SMILES string of the molecule is CN(CCC1CCCCO1)C(=O)CCc1cn[nH]c1. The number of aromatic nitrogens is 2. The highest BCUT2D eigenvalue weighted by Crippen LogP contribution is 2.15. The number of carbonyl (C=O) groups excluding carboxylic acids is 1. The van der Waals surface area contributed by atoms with Crippen LogP contribution >= 0.6 is 0 Å². The summed E-state index contributed by atoms with van der Waals surface area (Å²) < 4.78 is 5.68. The largest absolute Gasteiger partial charge is 0.378 e. The molecule has 1 aromatic rings. The second kappa shape index (κ2) is 7.28. The highest BCUT2D eigenvalue weighted by molar-refractivity contribution is 5.76. The number of carbonyl (C=O) groups is 1. The molecule has 1 aliphatic heterocycles. The van der Waals surface area contributed by atoms with Gasteiger partial charge in [-0.3, -0.25) is 9.89 Å². The molecule has 0 aromatic carbocycles. The summed E-state index contributed by atoms with van der Waals surface area (Å²) in [5, 5.41) is 6.64. The highest BCUT2D eigenvalue weighted by Gasteiger charge is 2.16. The third-order valence-electron chi connectivity index (χ3n) is 3.67. The summed E-state index contributed by atoms with van der Waals surface area (Å²) in [6.07, 6.45) is 9.76. The Morgan fingerprint density at radius 1 is 1.58 bits per heavy atom. The van der Waals surface area contributed by atoms with E-state index in [1.807, 2.05) is 18.1 Å². The third kappa shape index (κ3) is 4.67. The molecule has 1 fully saturated rings. The lowest BCUT2D eigenvalue weighted by atomic mass is 10.1. The molecule has 19 heavy (non-hydrogen) atoms. The Labute approximate surface area is 114 Å². The topological polar surface area (TPSA) is 58.2 Å². The smallest absolute Gasteiger partial charge is 0.222 e. The average Bonchev–Trinajstić information content (AvgIpc) is 2.96. The van der Waals surface area contributed by atoms with E-state index in [9.17, 15) is 4.79 Å². The van der Waals surface area contributed by atoms with Gasteiger partial charge in [0.05, 0.1) is 12.3 Å². The number of hydrogen-bond acceptors (Lipinski definition) is 3. The second-order valence-electron chi connectivity index (χ2n) is 5.20. The van der Waals surface area contributed by atoms with Crippen LogP contribution in [0.15, 0.2) is 12.4 Å². The van der Waals surface area contributed by atoms with Gasteiger partial charge in [0, 0.05) is 32.8 Å². The number of rotatable bonds is 6. The molecule has 1 N–H and O–H groups in total. The minimum absolute atomic E-state index is 0.192. The maximum Gasteiger partial charge on any atom is 0.222 e. The van der Waals surface area contributed by atoms with Gasteiger partial charge < -0.3 is 9.64 Å². The molecule has 5 heteroatoms. The zero-order valence-electron chi connectivity index (χ0n) is 11.6. The Morgan fingerprint density at radius 3 is 3.16 bits per heavy atom. The van der Waals surface area contributed by atoms with Gasteiger partial charge in [-0.1, -0.05) is 0 Å². The molecular formula is C14H23N3O2. The summed E-state index contributed by atoms with van der Waals surface area (Å²) >= 11 is 0. The zero-order valence-corrected chi connectivity index (χ0v) is 11.6. The fourth-order valence-electron chi connectivity index (χ4n) is 2.35. The van der Waals surface area contributed by atoms with Crippen molar-refractivity contribution >= 4 is 5.91 Å². The first-order valence-electron chi connectivity index (χ1n) is 7.09. The zero-order chi connectivity index (χ0) is 13.5. The summed E-state index contributed by atoms with van der Waals surface area (Å²) in [4.78, 5) is 13.8. The van der Waals surface area contributed by atoms with Crippen LogP contribution in [0.2, 0.25) is 0 Å². The Kier molecular flexibility index (Phi) is 5.39. The first-order chi connectivity index (χ1) is 9.25. The predicted molar refractivity (Wildman–Crippen MR) is 72.8 cm³/mol. The van der Waals surface area contributed by atoms with Gasteiger partial charge in [-0.15, -0.1) is 0 Å². The van der Waals surface area contributed by atoms with Gasteiger partial charge >= 0.3 is 0 Å². The molecule has 2 heterocycles. The van der Waals surface area contributed by atoms with E-state index in [4.69, 9.17) is 4.74 Å². The molecule has 1 unspecified atom stereocenters. The van der Waals surface area contributed by atoms with Crippen LogP contribution in [0, 0.1) is 0 Å². The van der Waals surface area contributed by atoms with E-state index >= 15 is 0 Å². The van der Waals surface area contributed by atoms with Gasteiger partial charge in [0.25, 0.3) is 0 Å². The van der Waals surface area contributed by atoms with Crippen LogP contribution in [-0.4, -0.2) is 47.3 Å². The molecule has 0 saturated carbocycles. The summed E-state index contributed by atoms with van der Waals surface area (Å²) in [7, 11) is 1.88. The van der Waals surface area contributed by atoms with E-state index in [0.29, 0.717) is 12.5 Å². The van der Waals surface area contributed by atoms with Gasteiger partial charge in [0.15, 0.2) is 0 Å². The van der Waals surface area contributed by atoms with Crippen molar-refractivity contribution in [2.75, 3.05) is 20.2 Å². The van der Waals surface area contributed by atoms with Gasteiger partial charge in [-0.05, 0) is 37.7 Å². The molecule has 1 atom stereocenters. The van der Waals surface area contributed by atoms with Crippen LogP contribution in [0.1, 0.15) is 37.7 Å². The number of ether oxygens (including phenoxy) is 1. The molecule has 1 aromatic heterocycles. The van der Waals surface area contributed by atoms with Crippen LogP contribution in [0.3, 0.4) is 0 Å². The lowest BCUT2D eigenvalue weighted by molar-refractivity contribution is -0.130. The van der Waals surface area contributed by atoms with Crippen molar-refractivity contribution < 1.29 is 9.53 Å². The Bertz CT molecular complexity index is 372. The fourth-order valence-corrected chi connectivity index (χ4v) is 2.35. The van der Waals surface area contributed by atoms with Crippen LogP contribution < -0.4 is 0 Å². The van der Waals surface area contributed by atoms with Crippen LogP contribution in [0.25, 0.3) is 0 Å². The van der Waals surface area contributed by atoms with Crippen molar-refractivity contribution in [2.24, 2.45) is 0 Å². The second-order valence-corrected chi connectivity index (χ2v) is 5.20. The quantitative estimate of drug-likeness (QED) is 0.852. The standard InChI is InChI=1S/C14H23N3O2/c1-17(8-7-13-4-2-3-9-19-13)14(18)6-5-12-10-15-16-11-12/h10-11,13H,2-9H2,1H3,(H,15,16). The Hall–Kier alpha value is -1.36. The molecule has 0 bridgehead atoms. The number of hydrogen-bond donors (Lipinski definition) is 1.